The highest BCUT2D eigenvalue weighted by atomic mass is 35.6. The van der Waals surface area contributed by atoms with Crippen LogP contribution in [0.15, 0.2) is 41.3 Å². The first-order valence-electron chi connectivity index (χ1n) is 5.12. The number of nitrogens with one attached hydrogen (secondary N) is 2. The van der Waals surface area contributed by atoms with Crippen molar-refractivity contribution in [3.05, 3.63) is 52.4 Å². The molecule has 19 heavy (non-hydrogen) atoms. The Balaban J connectivity index is 2.25. The van der Waals surface area contributed by atoms with Crippen LogP contribution in [-0.2, 0) is 0 Å². The number of alkyl halides is 3. The number of benzene rings is 1. The SMILES string of the molecule is O=C(c1cccc(Nn2ccc(=O)[nH]2)c1)C(Cl)(Cl)Cl. The van der Waals surface area contributed by atoms with Crippen LogP contribution in [0.1, 0.15) is 10.4 Å². The molecule has 0 aliphatic heterocycles. The van der Waals surface area contributed by atoms with Gasteiger partial charge in [0.05, 0.1) is 11.9 Å². The van der Waals surface area contributed by atoms with Crippen molar-refractivity contribution in [1.82, 2.24) is 9.89 Å². The number of hydrogen-bond acceptors (Lipinski definition) is 3. The Morgan fingerprint density at radius 3 is 2.58 bits per heavy atom. The van der Waals surface area contributed by atoms with Gasteiger partial charge in [-0.3, -0.25) is 15.0 Å². The van der Waals surface area contributed by atoms with Crippen LogP contribution in [0, 0.1) is 0 Å². The Morgan fingerprint density at radius 1 is 1.26 bits per heavy atom. The van der Waals surface area contributed by atoms with E-state index in [2.05, 4.69) is 10.5 Å². The maximum Gasteiger partial charge on any atom is 0.265 e. The Labute approximate surface area is 123 Å². The quantitative estimate of drug-likeness (QED) is 0.675. The first kappa shape index (κ1) is 14.0. The Morgan fingerprint density at radius 2 is 2.00 bits per heavy atom. The minimum atomic E-state index is -2.00. The van der Waals surface area contributed by atoms with Crippen LogP contribution < -0.4 is 11.0 Å². The predicted octanol–water partition coefficient (Wildman–Crippen LogP) is 2.60. The van der Waals surface area contributed by atoms with E-state index in [1.165, 1.54) is 29.2 Å². The van der Waals surface area contributed by atoms with Gasteiger partial charge in [-0.15, -0.1) is 0 Å². The molecule has 2 rings (SSSR count). The van der Waals surface area contributed by atoms with Gasteiger partial charge < -0.3 is 0 Å². The second-order valence-electron chi connectivity index (χ2n) is 3.68. The molecule has 2 N–H and O–H groups in total. The van der Waals surface area contributed by atoms with Crippen molar-refractivity contribution in [2.45, 2.75) is 3.79 Å². The van der Waals surface area contributed by atoms with E-state index in [1.807, 2.05) is 0 Å². The van der Waals surface area contributed by atoms with E-state index in [4.69, 9.17) is 34.8 Å². The van der Waals surface area contributed by atoms with Crippen molar-refractivity contribution in [3.8, 4) is 0 Å². The molecule has 1 heterocycles. The van der Waals surface area contributed by atoms with E-state index in [-0.39, 0.29) is 11.1 Å². The Bertz CT molecular complexity index is 657. The van der Waals surface area contributed by atoms with E-state index < -0.39 is 9.58 Å². The maximum absolute atomic E-state index is 11.8. The zero-order valence-electron chi connectivity index (χ0n) is 9.36. The zero-order chi connectivity index (χ0) is 14.0. The number of Topliss-reactive ketones (excluding diaryl/α,β-unsaturated/α-hetero) is 1. The number of carbonyl (C=O) groups is 1. The summed E-state index contributed by atoms with van der Waals surface area (Å²) in [6, 6.07) is 7.74. The third kappa shape index (κ3) is 3.53. The highest BCUT2D eigenvalue weighted by molar-refractivity contribution is 6.77. The van der Waals surface area contributed by atoms with Gasteiger partial charge in [-0.05, 0) is 12.1 Å². The number of carbonyl (C=O) groups excluding carboxylic acids is 1. The molecule has 1 aromatic heterocycles. The number of halogens is 3. The number of rotatable bonds is 3. The van der Waals surface area contributed by atoms with Crippen molar-refractivity contribution in [1.29, 1.82) is 0 Å². The molecule has 0 radical (unpaired) electrons. The summed E-state index contributed by atoms with van der Waals surface area (Å²) in [5, 5.41) is 2.49. The Hall–Kier alpha value is -1.43. The summed E-state index contributed by atoms with van der Waals surface area (Å²) in [5.74, 6) is -0.623. The van der Waals surface area contributed by atoms with Crippen molar-refractivity contribution < 1.29 is 4.79 Å². The van der Waals surface area contributed by atoms with Gasteiger partial charge in [0.1, 0.15) is 0 Å². The molecular formula is C11H8Cl3N3O2. The minimum Gasteiger partial charge on any atom is -0.289 e. The Kier molecular flexibility index (Phi) is 3.89. The highest BCUT2D eigenvalue weighted by Gasteiger charge is 2.31. The van der Waals surface area contributed by atoms with E-state index in [0.717, 1.165) is 0 Å². The molecule has 0 atom stereocenters. The molecule has 0 amide bonds. The topological polar surface area (TPSA) is 66.9 Å². The first-order valence-corrected chi connectivity index (χ1v) is 6.26. The number of hydrogen-bond donors (Lipinski definition) is 2. The highest BCUT2D eigenvalue weighted by Crippen LogP contribution is 2.31. The lowest BCUT2D eigenvalue weighted by Gasteiger charge is -2.11. The van der Waals surface area contributed by atoms with Gasteiger partial charge in [0.25, 0.3) is 9.35 Å². The smallest absolute Gasteiger partial charge is 0.265 e. The molecule has 100 valence electrons. The fourth-order valence-corrected chi connectivity index (χ4v) is 1.76. The molecule has 8 heteroatoms. The van der Waals surface area contributed by atoms with Crippen LogP contribution in [0.3, 0.4) is 0 Å². The fraction of sp³-hybridized carbons (Fsp3) is 0.0909. The van der Waals surface area contributed by atoms with Gasteiger partial charge >= 0.3 is 0 Å². The number of H-pyrrole nitrogens is 1. The van der Waals surface area contributed by atoms with Gasteiger partial charge in [0.2, 0.25) is 5.78 Å². The van der Waals surface area contributed by atoms with Crippen LogP contribution in [0.2, 0.25) is 0 Å². The first-order chi connectivity index (χ1) is 8.86. The van der Waals surface area contributed by atoms with Crippen LogP contribution in [0.5, 0.6) is 0 Å². The lowest BCUT2D eigenvalue weighted by Crippen LogP contribution is -2.19. The number of ketones is 1. The van der Waals surface area contributed by atoms with Gasteiger partial charge in [-0.1, -0.05) is 46.9 Å². The van der Waals surface area contributed by atoms with Crippen molar-refractivity contribution in [3.63, 3.8) is 0 Å². The summed E-state index contributed by atoms with van der Waals surface area (Å²) in [7, 11) is 0. The van der Waals surface area contributed by atoms with Gasteiger partial charge in [0, 0.05) is 11.6 Å². The molecule has 0 bridgehead atoms. The standard InChI is InChI=1S/C11H8Cl3N3O2/c12-11(13,14)10(19)7-2-1-3-8(6-7)15-17-5-4-9(18)16-17/h1-6,15H,(H,16,18). The number of aromatic amines is 1. The molecule has 0 aliphatic carbocycles. The molecule has 1 aromatic carbocycles. The summed E-state index contributed by atoms with van der Waals surface area (Å²) < 4.78 is -2.00. The van der Waals surface area contributed by atoms with Crippen LogP contribution in [-0.4, -0.2) is 19.5 Å². The molecule has 5 nitrogen and oxygen atoms in total. The molecule has 0 fully saturated rings. The van der Waals surface area contributed by atoms with E-state index in [1.54, 1.807) is 12.1 Å². The van der Waals surface area contributed by atoms with Crippen LogP contribution in [0.4, 0.5) is 5.69 Å². The van der Waals surface area contributed by atoms with Crippen molar-refractivity contribution in [2.75, 3.05) is 5.43 Å². The number of aromatic nitrogens is 2. The number of anilines is 1. The van der Waals surface area contributed by atoms with Crippen LogP contribution >= 0.6 is 34.8 Å². The van der Waals surface area contributed by atoms with Crippen LogP contribution in [0.25, 0.3) is 0 Å². The van der Waals surface area contributed by atoms with E-state index in [0.29, 0.717) is 5.69 Å². The fourth-order valence-electron chi connectivity index (χ4n) is 1.43. The van der Waals surface area contributed by atoms with Gasteiger partial charge in [-0.25, -0.2) is 9.89 Å². The normalized spacial score (nSPS) is 11.3. The average Bonchev–Trinajstić information content (AvgIpc) is 2.73. The molecule has 0 spiro atoms. The largest absolute Gasteiger partial charge is 0.289 e. The molecular weight excluding hydrogens is 312 g/mol. The lowest BCUT2D eigenvalue weighted by atomic mass is 10.1. The summed E-state index contributed by atoms with van der Waals surface area (Å²) in [6.45, 7) is 0. The predicted molar refractivity (Wildman–Crippen MR) is 75.1 cm³/mol. The van der Waals surface area contributed by atoms with Gasteiger partial charge in [-0.2, -0.15) is 0 Å². The van der Waals surface area contributed by atoms with Crippen molar-refractivity contribution in [2.24, 2.45) is 0 Å². The van der Waals surface area contributed by atoms with E-state index in [9.17, 15) is 9.59 Å². The zero-order valence-corrected chi connectivity index (χ0v) is 11.6. The van der Waals surface area contributed by atoms with Crippen molar-refractivity contribution >= 4 is 46.3 Å². The second kappa shape index (κ2) is 5.28. The average molecular weight is 321 g/mol. The number of nitrogens with zero attached hydrogens (tertiary/aromatic N) is 1. The molecule has 0 aliphatic rings. The molecule has 0 unspecified atom stereocenters. The maximum atomic E-state index is 11.8. The summed E-state index contributed by atoms with van der Waals surface area (Å²) in [6.07, 6.45) is 1.51. The summed E-state index contributed by atoms with van der Waals surface area (Å²) in [4.78, 5) is 24.1. The molecule has 0 saturated heterocycles. The lowest BCUT2D eigenvalue weighted by molar-refractivity contribution is 0.0996. The van der Waals surface area contributed by atoms with Gasteiger partial charge in [0.15, 0.2) is 0 Å². The molecule has 2 aromatic rings. The molecule has 0 saturated carbocycles. The van der Waals surface area contributed by atoms with E-state index >= 15 is 0 Å². The second-order valence-corrected chi connectivity index (χ2v) is 5.96. The monoisotopic (exact) mass is 319 g/mol. The minimum absolute atomic E-state index is 0.249. The third-order valence-electron chi connectivity index (χ3n) is 2.24. The summed E-state index contributed by atoms with van der Waals surface area (Å²) in [5.41, 5.74) is 3.41. The summed E-state index contributed by atoms with van der Waals surface area (Å²) >= 11 is 16.6. The third-order valence-corrected chi connectivity index (χ3v) is 2.75.